The summed E-state index contributed by atoms with van der Waals surface area (Å²) in [5, 5.41) is 16.2. The Hall–Kier alpha value is -6.49. The topological polar surface area (TPSA) is 241 Å². The third-order valence-electron chi connectivity index (χ3n) is 11.4. The molecule has 0 aliphatic carbocycles. The number of aromatic amines is 1. The number of carbonyl (C=O) groups excluding carboxylic acids is 7. The molecule has 21 heteroatoms. The number of rotatable bonds is 26. The molecule has 6 amide bonds. The van der Waals surface area contributed by atoms with Crippen LogP contribution in [0, 0.1) is 11.6 Å². The van der Waals surface area contributed by atoms with Crippen molar-refractivity contribution in [1.29, 1.82) is 0 Å². The highest BCUT2D eigenvalue weighted by Gasteiger charge is 2.52. The third-order valence-corrected chi connectivity index (χ3v) is 11.4. The Morgan fingerprint density at radius 2 is 1.43 bits per heavy atom. The van der Waals surface area contributed by atoms with E-state index in [0.29, 0.717) is 87.6 Å². The number of nitrogens with zero attached hydrogens (tertiary/aromatic N) is 2. The number of carbonyl (C=O) groups is 7. The molecule has 3 aromatic carbocycles. The van der Waals surface area contributed by atoms with Gasteiger partial charge in [-0.05, 0) is 66.9 Å². The van der Waals surface area contributed by atoms with E-state index in [0.717, 1.165) is 17.0 Å². The van der Waals surface area contributed by atoms with Crippen LogP contribution in [0.5, 0.6) is 5.75 Å². The number of anilines is 1. The second-order valence-electron chi connectivity index (χ2n) is 16.0. The van der Waals surface area contributed by atoms with E-state index in [1.165, 1.54) is 11.0 Å². The van der Waals surface area contributed by atoms with Crippen LogP contribution in [0.4, 0.5) is 14.5 Å². The molecule has 2 unspecified atom stereocenters. The summed E-state index contributed by atoms with van der Waals surface area (Å²) in [5.41, 5.74) is -0.553. The molecule has 4 aromatic rings. The fourth-order valence-electron chi connectivity index (χ4n) is 7.91. The van der Waals surface area contributed by atoms with Gasteiger partial charge in [0.2, 0.25) is 17.4 Å². The number of amides is 6. The molecule has 362 valence electrons. The summed E-state index contributed by atoms with van der Waals surface area (Å²) in [6.07, 6.45) is 0.604. The van der Waals surface area contributed by atoms with E-state index in [-0.39, 0.29) is 86.8 Å². The van der Waals surface area contributed by atoms with Crippen LogP contribution >= 0.6 is 0 Å². The van der Waals surface area contributed by atoms with E-state index in [9.17, 15) is 47.4 Å². The lowest BCUT2D eigenvalue weighted by atomic mass is 10.0. The minimum Gasteiger partial charge on any atom is -0.490 e. The Labute approximate surface area is 388 Å². The molecule has 68 heavy (non-hydrogen) atoms. The number of piperidine rings is 1. The number of aliphatic hydroxyl groups is 1. The summed E-state index contributed by atoms with van der Waals surface area (Å²) in [7, 11) is 0. The molecule has 0 bridgehead atoms. The molecule has 0 saturated carbocycles. The Morgan fingerprint density at radius 3 is 2.09 bits per heavy atom. The van der Waals surface area contributed by atoms with Crippen LogP contribution in [0.2, 0.25) is 0 Å². The number of nitrogens with one attached hydrogen (secondary N) is 3. The fourth-order valence-corrected chi connectivity index (χ4v) is 7.91. The van der Waals surface area contributed by atoms with Gasteiger partial charge in [0.25, 0.3) is 23.6 Å². The molecule has 0 radical (unpaired) electrons. The maximum Gasteiger partial charge on any atom is 0.268 e. The predicted molar refractivity (Wildman–Crippen MR) is 235 cm³/mol. The molecule has 4 N–H and O–H groups in total. The van der Waals surface area contributed by atoms with Gasteiger partial charge in [-0.1, -0.05) is 6.07 Å². The summed E-state index contributed by atoms with van der Waals surface area (Å²) >= 11 is 0. The second kappa shape index (κ2) is 23.0. The van der Waals surface area contributed by atoms with Crippen molar-refractivity contribution in [1.82, 2.24) is 20.5 Å². The number of ketones is 1. The van der Waals surface area contributed by atoms with Crippen LogP contribution < -0.4 is 20.3 Å². The summed E-state index contributed by atoms with van der Waals surface area (Å²) in [5.74, 6) is -5.77. The lowest BCUT2D eigenvalue weighted by Crippen LogP contribution is -2.54. The number of halogens is 2. The molecule has 2 fully saturated rings. The van der Waals surface area contributed by atoms with Crippen molar-refractivity contribution < 1.29 is 75.9 Å². The fraction of sp³-hybridized carbons (Fsp3) is 0.426. The minimum absolute atomic E-state index is 0.0288. The number of imide groups is 2. The highest BCUT2D eigenvalue weighted by molar-refractivity contribution is 6.24. The van der Waals surface area contributed by atoms with Crippen LogP contribution in [-0.4, -0.2) is 147 Å². The molecule has 0 spiro atoms. The van der Waals surface area contributed by atoms with Crippen LogP contribution in [0.1, 0.15) is 68.9 Å². The number of aromatic nitrogens is 1. The maximum absolute atomic E-state index is 13.5. The number of benzene rings is 3. The number of Topliss-reactive ketones (excluding diaryl/α,β-unsaturated/α-hetero) is 1. The van der Waals surface area contributed by atoms with Gasteiger partial charge in [-0.15, -0.1) is 0 Å². The van der Waals surface area contributed by atoms with E-state index < -0.39 is 58.7 Å². The summed E-state index contributed by atoms with van der Waals surface area (Å²) < 4.78 is 60.5. The molecule has 2 saturated heterocycles. The molecule has 3 aliphatic rings. The predicted octanol–water partition coefficient (Wildman–Crippen LogP) is 2.76. The van der Waals surface area contributed by atoms with Crippen molar-refractivity contribution in [3.63, 3.8) is 0 Å². The zero-order valence-corrected chi connectivity index (χ0v) is 37.0. The van der Waals surface area contributed by atoms with Gasteiger partial charge in [0, 0.05) is 61.6 Å². The average Bonchev–Trinajstić information content (AvgIpc) is 3.96. The van der Waals surface area contributed by atoms with E-state index in [1.54, 1.807) is 36.4 Å². The van der Waals surface area contributed by atoms with E-state index in [4.69, 9.17) is 28.4 Å². The number of ether oxygens (including phenoxy) is 6. The lowest BCUT2D eigenvalue weighted by molar-refractivity contribution is -0.149. The first-order chi connectivity index (χ1) is 32.8. The Kier molecular flexibility index (Phi) is 16.7. The minimum atomic E-state index is -2.36. The van der Waals surface area contributed by atoms with Gasteiger partial charge >= 0.3 is 0 Å². The Morgan fingerprint density at radius 1 is 0.779 bits per heavy atom. The SMILES string of the molecule is O=C1CCC(N2C(=O)c3cccc(OCCOCCOCCOCCOCCOCCCC(=O)c4cc5cc(N6CCC(O)(C(=O)NCc7cc(F)cc(F)c7)C6=O)ccc5[nH]4)c3C2=O)C(=O)N1. The molecular formula is C47H51F2N5O14. The first-order valence-electron chi connectivity index (χ1n) is 22.1. The van der Waals surface area contributed by atoms with Gasteiger partial charge in [-0.2, -0.15) is 0 Å². The first kappa shape index (κ1) is 49.4. The monoisotopic (exact) mass is 947 g/mol. The van der Waals surface area contributed by atoms with Crippen molar-refractivity contribution in [2.45, 2.75) is 50.3 Å². The largest absolute Gasteiger partial charge is 0.490 e. The molecule has 2 atom stereocenters. The highest BCUT2D eigenvalue weighted by Crippen LogP contribution is 2.34. The average molecular weight is 948 g/mol. The van der Waals surface area contributed by atoms with Crippen LogP contribution in [0.15, 0.2) is 60.7 Å². The normalized spacial score (nSPS) is 18.2. The van der Waals surface area contributed by atoms with Crippen molar-refractivity contribution in [2.24, 2.45) is 0 Å². The zero-order chi connectivity index (χ0) is 48.2. The van der Waals surface area contributed by atoms with E-state index >= 15 is 0 Å². The van der Waals surface area contributed by atoms with Gasteiger partial charge in [0.1, 0.15) is 30.0 Å². The van der Waals surface area contributed by atoms with Crippen LogP contribution in [0.3, 0.4) is 0 Å². The maximum atomic E-state index is 13.5. The Balaban J connectivity index is 0.683. The van der Waals surface area contributed by atoms with Crippen molar-refractivity contribution in [3.8, 4) is 5.75 Å². The zero-order valence-electron chi connectivity index (χ0n) is 37.0. The number of fused-ring (bicyclic) bond motifs is 2. The summed E-state index contributed by atoms with van der Waals surface area (Å²) in [6.45, 7) is 3.10. The van der Waals surface area contributed by atoms with Crippen molar-refractivity contribution in [2.75, 3.05) is 84.1 Å². The molecule has 19 nitrogen and oxygen atoms in total. The second-order valence-corrected chi connectivity index (χ2v) is 16.0. The first-order valence-corrected chi connectivity index (χ1v) is 22.1. The number of hydrogen-bond donors (Lipinski definition) is 4. The van der Waals surface area contributed by atoms with Crippen molar-refractivity contribution in [3.05, 3.63) is 94.7 Å². The van der Waals surface area contributed by atoms with Gasteiger partial charge < -0.3 is 48.7 Å². The smallest absolute Gasteiger partial charge is 0.268 e. The Bertz CT molecular complexity index is 2520. The van der Waals surface area contributed by atoms with E-state index in [2.05, 4.69) is 15.6 Å². The highest BCUT2D eigenvalue weighted by atomic mass is 19.1. The molecular weight excluding hydrogens is 897 g/mol. The van der Waals surface area contributed by atoms with Crippen molar-refractivity contribution >= 4 is 57.8 Å². The summed E-state index contributed by atoms with van der Waals surface area (Å²) in [6, 6.07) is 13.1. The summed E-state index contributed by atoms with van der Waals surface area (Å²) in [4.78, 5) is 94.3. The number of hydrogen-bond acceptors (Lipinski definition) is 14. The molecule has 4 heterocycles. The van der Waals surface area contributed by atoms with Crippen LogP contribution in [-0.2, 0) is 49.4 Å². The van der Waals surface area contributed by atoms with Gasteiger partial charge in [0.15, 0.2) is 5.78 Å². The van der Waals surface area contributed by atoms with Gasteiger partial charge in [-0.3, -0.25) is 43.8 Å². The van der Waals surface area contributed by atoms with E-state index in [1.807, 2.05) is 0 Å². The lowest BCUT2D eigenvalue weighted by Gasteiger charge is -2.27. The van der Waals surface area contributed by atoms with Crippen LogP contribution in [0.25, 0.3) is 10.9 Å². The standard InChI is InChI=1S/C47H51F2N5O14/c48-31-23-29(24-32(49)27-31)28-50-45(60)47(62)10-11-53(46(47)61)33-6-7-35-30(25-33)26-36(51-35)38(55)4-2-12-63-13-14-64-15-16-65-17-18-66-19-20-67-21-22-68-39-5-1-3-34-41(39)44(59)54(43(34)58)37-8-9-40(56)52-42(37)57/h1,3,5-7,23-27,37,51,62H,2,4,8-22,28H2,(H,50,60)(H,52,56,57). The van der Waals surface area contributed by atoms with Gasteiger partial charge in [-0.25, -0.2) is 8.78 Å². The number of H-pyrrole nitrogens is 1. The quantitative estimate of drug-likeness (QED) is 0.0307. The molecule has 1 aromatic heterocycles. The van der Waals surface area contributed by atoms with Gasteiger partial charge in [0.05, 0.1) is 76.3 Å². The third kappa shape index (κ3) is 12.0. The molecule has 7 rings (SSSR count). The molecule has 3 aliphatic heterocycles.